The normalized spacial score (nSPS) is 27.4. The first-order chi connectivity index (χ1) is 15.5. The Kier molecular flexibility index (Phi) is 7.37. The minimum atomic E-state index is -1.03. The first-order valence-electron chi connectivity index (χ1n) is 12.4. The van der Waals surface area contributed by atoms with E-state index in [0.717, 1.165) is 29.7 Å². The third kappa shape index (κ3) is 5.10. The lowest BCUT2D eigenvalue weighted by molar-refractivity contribution is -0.141. The third-order valence-electron chi connectivity index (χ3n) is 7.80. The predicted molar refractivity (Wildman–Crippen MR) is 120 cm³/mol. The van der Waals surface area contributed by atoms with Crippen molar-refractivity contribution in [2.75, 3.05) is 13.2 Å². The molecule has 2 unspecified atom stereocenters. The molecule has 1 aromatic carbocycles. The number of fused-ring (bicyclic) bond motifs is 2. The molecule has 4 rings (SSSR count). The second-order valence-electron chi connectivity index (χ2n) is 10.0. The summed E-state index contributed by atoms with van der Waals surface area (Å²) in [7, 11) is 0. The number of hydrogen-bond donors (Lipinski definition) is 1. The fraction of sp³-hybridized carbons (Fsp3) is 0.692. The molecule has 1 amide bonds. The van der Waals surface area contributed by atoms with Crippen molar-refractivity contribution in [2.45, 2.75) is 83.6 Å². The zero-order valence-electron chi connectivity index (χ0n) is 19.2. The number of amides is 1. The van der Waals surface area contributed by atoms with Gasteiger partial charge in [0.05, 0.1) is 12.2 Å². The minimum Gasteiger partial charge on any atom is -0.493 e. The molecule has 1 heterocycles. The van der Waals surface area contributed by atoms with E-state index in [-0.39, 0.29) is 5.56 Å². The molecule has 1 aliphatic heterocycles. The van der Waals surface area contributed by atoms with Gasteiger partial charge in [0.15, 0.2) is 0 Å². The molecule has 0 radical (unpaired) electrons. The summed E-state index contributed by atoms with van der Waals surface area (Å²) in [5, 5.41) is 9.35. The van der Waals surface area contributed by atoms with Gasteiger partial charge in [-0.2, -0.15) is 0 Å². The molecule has 2 aliphatic carbocycles. The molecule has 1 N–H and O–H groups in total. The van der Waals surface area contributed by atoms with Gasteiger partial charge in [0, 0.05) is 12.6 Å². The molecular formula is C26H36FNO4. The van der Waals surface area contributed by atoms with Crippen LogP contribution in [-0.2, 0) is 11.2 Å². The smallest absolute Gasteiger partial charge is 0.326 e. The number of halogens is 1. The van der Waals surface area contributed by atoms with Crippen LogP contribution in [0, 0.1) is 23.6 Å². The summed E-state index contributed by atoms with van der Waals surface area (Å²) in [5.74, 6) is 0.931. The lowest BCUT2D eigenvalue weighted by atomic mass is 9.67. The number of carbonyl (C=O) groups excluding carboxylic acids is 1. The SMILES string of the molecule is CCc1cc(C(=O)N2CCC[C@H]2C(=O)O)c(F)cc1OCCCC1CC2CCCC(C1)C2. The number of carboxylic acids is 1. The van der Waals surface area contributed by atoms with E-state index in [9.17, 15) is 19.1 Å². The Morgan fingerprint density at radius 2 is 1.88 bits per heavy atom. The largest absolute Gasteiger partial charge is 0.493 e. The molecule has 6 heteroatoms. The van der Waals surface area contributed by atoms with Crippen molar-refractivity contribution < 1.29 is 23.8 Å². The summed E-state index contributed by atoms with van der Waals surface area (Å²) in [5.41, 5.74) is 0.726. The van der Waals surface area contributed by atoms with Crippen LogP contribution in [-0.4, -0.2) is 41.1 Å². The van der Waals surface area contributed by atoms with Crippen molar-refractivity contribution in [3.8, 4) is 5.75 Å². The first kappa shape index (κ1) is 23.1. The van der Waals surface area contributed by atoms with Crippen LogP contribution in [0.15, 0.2) is 12.1 Å². The molecule has 1 saturated heterocycles. The van der Waals surface area contributed by atoms with Gasteiger partial charge in [-0.05, 0) is 80.8 Å². The van der Waals surface area contributed by atoms with Crippen LogP contribution in [0.1, 0.15) is 87.1 Å². The van der Waals surface area contributed by atoms with Crippen LogP contribution in [0.25, 0.3) is 0 Å². The van der Waals surface area contributed by atoms with E-state index in [0.29, 0.717) is 38.2 Å². The average Bonchev–Trinajstić information content (AvgIpc) is 3.26. The molecule has 2 saturated carbocycles. The fourth-order valence-corrected chi connectivity index (χ4v) is 6.25. The summed E-state index contributed by atoms with van der Waals surface area (Å²) >= 11 is 0. The Bertz CT molecular complexity index is 829. The molecule has 1 aromatic rings. The van der Waals surface area contributed by atoms with Crippen molar-refractivity contribution in [2.24, 2.45) is 17.8 Å². The Morgan fingerprint density at radius 1 is 1.12 bits per heavy atom. The van der Waals surface area contributed by atoms with Crippen molar-refractivity contribution in [1.82, 2.24) is 4.90 Å². The summed E-state index contributed by atoms with van der Waals surface area (Å²) < 4.78 is 20.8. The second-order valence-corrected chi connectivity index (χ2v) is 10.0. The van der Waals surface area contributed by atoms with Gasteiger partial charge in [-0.1, -0.05) is 26.2 Å². The number of aliphatic carboxylic acids is 1. The highest BCUT2D eigenvalue weighted by Gasteiger charge is 2.36. The number of benzene rings is 1. The van der Waals surface area contributed by atoms with Crippen molar-refractivity contribution in [3.63, 3.8) is 0 Å². The van der Waals surface area contributed by atoms with Gasteiger partial charge in [0.1, 0.15) is 17.6 Å². The Labute approximate surface area is 190 Å². The number of aryl methyl sites for hydroxylation is 1. The molecule has 176 valence electrons. The van der Waals surface area contributed by atoms with Gasteiger partial charge in [-0.3, -0.25) is 4.79 Å². The molecule has 3 aliphatic rings. The van der Waals surface area contributed by atoms with Gasteiger partial charge < -0.3 is 14.7 Å². The van der Waals surface area contributed by atoms with Crippen LogP contribution in [0.2, 0.25) is 0 Å². The van der Waals surface area contributed by atoms with E-state index in [2.05, 4.69) is 0 Å². The zero-order valence-corrected chi connectivity index (χ0v) is 19.2. The van der Waals surface area contributed by atoms with Gasteiger partial charge in [-0.25, -0.2) is 9.18 Å². The number of ether oxygens (including phenoxy) is 1. The second kappa shape index (κ2) is 10.2. The van der Waals surface area contributed by atoms with Gasteiger partial charge in [0.2, 0.25) is 0 Å². The van der Waals surface area contributed by atoms with Crippen LogP contribution in [0.4, 0.5) is 4.39 Å². The number of likely N-dealkylation sites (tertiary alicyclic amines) is 1. The number of rotatable bonds is 8. The first-order valence-corrected chi connectivity index (χ1v) is 12.4. The van der Waals surface area contributed by atoms with Crippen molar-refractivity contribution >= 4 is 11.9 Å². The van der Waals surface area contributed by atoms with Crippen molar-refractivity contribution in [1.29, 1.82) is 0 Å². The Hall–Kier alpha value is -2.11. The molecule has 3 fully saturated rings. The Balaban J connectivity index is 1.35. The summed E-state index contributed by atoms with van der Waals surface area (Å²) in [6, 6.07) is 1.98. The van der Waals surface area contributed by atoms with Gasteiger partial charge >= 0.3 is 5.97 Å². The molecular weight excluding hydrogens is 409 g/mol. The summed E-state index contributed by atoms with van der Waals surface area (Å²) in [6.07, 6.45) is 12.1. The predicted octanol–water partition coefficient (Wildman–Crippen LogP) is 5.45. The van der Waals surface area contributed by atoms with E-state index in [1.54, 1.807) is 6.07 Å². The highest BCUT2D eigenvalue weighted by atomic mass is 19.1. The molecule has 5 nitrogen and oxygen atoms in total. The van der Waals surface area contributed by atoms with Gasteiger partial charge in [0.25, 0.3) is 5.91 Å². The number of hydrogen-bond acceptors (Lipinski definition) is 3. The fourth-order valence-electron chi connectivity index (χ4n) is 6.25. The van der Waals surface area contributed by atoms with E-state index in [1.165, 1.54) is 55.9 Å². The highest BCUT2D eigenvalue weighted by Crippen LogP contribution is 2.43. The minimum absolute atomic E-state index is 0.0592. The van der Waals surface area contributed by atoms with Crippen LogP contribution < -0.4 is 4.74 Å². The molecule has 32 heavy (non-hydrogen) atoms. The lowest BCUT2D eigenvalue weighted by Crippen LogP contribution is -2.40. The number of carboxylic acid groups (broad SMARTS) is 1. The average molecular weight is 446 g/mol. The molecule has 3 atom stereocenters. The van der Waals surface area contributed by atoms with Crippen molar-refractivity contribution in [3.05, 3.63) is 29.1 Å². The van der Waals surface area contributed by atoms with E-state index >= 15 is 0 Å². The third-order valence-corrected chi connectivity index (χ3v) is 7.80. The summed E-state index contributed by atoms with van der Waals surface area (Å²) in [6.45, 7) is 2.85. The summed E-state index contributed by atoms with van der Waals surface area (Å²) in [4.78, 5) is 25.6. The van der Waals surface area contributed by atoms with E-state index < -0.39 is 23.7 Å². The van der Waals surface area contributed by atoms with Gasteiger partial charge in [-0.15, -0.1) is 0 Å². The quantitative estimate of drug-likeness (QED) is 0.540. The molecule has 0 aromatic heterocycles. The van der Waals surface area contributed by atoms with Crippen LogP contribution in [0.5, 0.6) is 5.75 Å². The highest BCUT2D eigenvalue weighted by molar-refractivity contribution is 5.97. The standard InChI is InChI=1S/C26H36FNO4/c1-2-20-15-21(25(29)28-10-4-9-23(28)26(30)31)22(27)16-24(20)32-11-5-8-19-13-17-6-3-7-18(12-17)14-19/h15-19,23H,2-14H2,1H3,(H,30,31)/t17?,18?,19?,23-/m0/s1. The zero-order chi connectivity index (χ0) is 22.7. The van der Waals surface area contributed by atoms with E-state index in [4.69, 9.17) is 4.74 Å². The molecule has 2 bridgehead atoms. The molecule has 0 spiro atoms. The topological polar surface area (TPSA) is 66.8 Å². The maximum Gasteiger partial charge on any atom is 0.326 e. The maximum absolute atomic E-state index is 14.9. The van der Waals surface area contributed by atoms with E-state index in [1.807, 2.05) is 6.92 Å². The number of nitrogens with zero attached hydrogens (tertiary/aromatic N) is 1. The Morgan fingerprint density at radius 3 is 2.56 bits per heavy atom. The lowest BCUT2D eigenvalue weighted by Gasteiger charge is -2.39. The van der Waals surface area contributed by atoms with Crippen LogP contribution in [0.3, 0.4) is 0 Å². The van der Waals surface area contributed by atoms with Crippen LogP contribution >= 0.6 is 0 Å². The maximum atomic E-state index is 14.9. The number of carbonyl (C=O) groups is 2. The monoisotopic (exact) mass is 445 g/mol.